The number of hydrogen-bond acceptors (Lipinski definition) is 2. The maximum atomic E-state index is 9.22. The molecule has 0 atom stereocenters. The lowest BCUT2D eigenvalue weighted by Gasteiger charge is -2.16. The molecule has 0 saturated carbocycles. The highest BCUT2D eigenvalue weighted by atomic mass is 16.5. The number of aliphatic hydroxyl groups excluding tert-OH is 1. The lowest BCUT2D eigenvalue weighted by atomic mass is 9.92. The highest BCUT2D eigenvalue weighted by Crippen LogP contribution is 2.26. The summed E-state index contributed by atoms with van der Waals surface area (Å²) in [6.45, 7) is 8.12. The SMILES string of the molecule is Cc1cc(C(C)C)c(C(O)O)cc1C. The molecule has 14 heavy (non-hydrogen) atoms. The Morgan fingerprint density at radius 3 is 1.71 bits per heavy atom. The zero-order valence-corrected chi connectivity index (χ0v) is 9.20. The molecule has 0 aromatic heterocycles. The Labute approximate surface area is 85.2 Å². The second-order valence-electron chi connectivity index (χ2n) is 4.09. The van der Waals surface area contributed by atoms with Gasteiger partial charge in [0, 0.05) is 5.56 Å². The van der Waals surface area contributed by atoms with Crippen LogP contribution in [0.15, 0.2) is 12.1 Å². The summed E-state index contributed by atoms with van der Waals surface area (Å²) in [4.78, 5) is 0. The minimum Gasteiger partial charge on any atom is -0.364 e. The monoisotopic (exact) mass is 194 g/mol. The molecule has 2 heteroatoms. The zero-order chi connectivity index (χ0) is 10.9. The zero-order valence-electron chi connectivity index (χ0n) is 9.20. The van der Waals surface area contributed by atoms with Crippen molar-refractivity contribution in [3.63, 3.8) is 0 Å². The molecule has 1 aromatic rings. The van der Waals surface area contributed by atoms with E-state index in [-0.39, 0.29) is 0 Å². The number of rotatable bonds is 2. The van der Waals surface area contributed by atoms with Crippen LogP contribution in [0.1, 0.15) is 48.3 Å². The van der Waals surface area contributed by atoms with E-state index in [4.69, 9.17) is 0 Å². The van der Waals surface area contributed by atoms with Crippen LogP contribution in [0.25, 0.3) is 0 Å². The summed E-state index contributed by atoms with van der Waals surface area (Å²) in [5, 5.41) is 18.4. The number of aryl methyl sites for hydroxylation is 2. The standard InChI is InChI=1S/C12H18O2/c1-7(2)10-5-8(3)9(4)6-11(10)12(13)14/h5-7,12-14H,1-4H3. The number of aliphatic hydroxyl groups is 2. The first-order chi connectivity index (χ1) is 6.43. The van der Waals surface area contributed by atoms with Crippen molar-refractivity contribution in [1.82, 2.24) is 0 Å². The summed E-state index contributed by atoms with van der Waals surface area (Å²) < 4.78 is 0. The van der Waals surface area contributed by atoms with Crippen molar-refractivity contribution >= 4 is 0 Å². The van der Waals surface area contributed by atoms with Gasteiger partial charge in [-0.25, -0.2) is 0 Å². The smallest absolute Gasteiger partial charge is 0.178 e. The van der Waals surface area contributed by atoms with Gasteiger partial charge in [0.15, 0.2) is 6.29 Å². The predicted molar refractivity (Wildman–Crippen MR) is 57.2 cm³/mol. The van der Waals surface area contributed by atoms with Crippen LogP contribution >= 0.6 is 0 Å². The van der Waals surface area contributed by atoms with Gasteiger partial charge in [0.1, 0.15) is 0 Å². The topological polar surface area (TPSA) is 40.5 Å². The largest absolute Gasteiger partial charge is 0.364 e. The van der Waals surface area contributed by atoms with Gasteiger partial charge in [-0.1, -0.05) is 26.0 Å². The molecule has 2 nitrogen and oxygen atoms in total. The summed E-state index contributed by atoms with van der Waals surface area (Å²) in [6, 6.07) is 3.89. The van der Waals surface area contributed by atoms with Crippen LogP contribution in [0.4, 0.5) is 0 Å². The molecule has 1 rings (SSSR count). The lowest BCUT2D eigenvalue weighted by molar-refractivity contribution is -0.0433. The predicted octanol–water partition coefficient (Wildman–Crippen LogP) is 2.41. The third-order valence-corrected chi connectivity index (χ3v) is 2.60. The first kappa shape index (κ1) is 11.2. The van der Waals surface area contributed by atoms with Crippen molar-refractivity contribution in [3.05, 3.63) is 34.4 Å². The second-order valence-corrected chi connectivity index (χ2v) is 4.09. The van der Waals surface area contributed by atoms with E-state index in [1.54, 1.807) is 0 Å². The van der Waals surface area contributed by atoms with Gasteiger partial charge < -0.3 is 10.2 Å². The Morgan fingerprint density at radius 1 is 0.929 bits per heavy atom. The number of hydrogen-bond donors (Lipinski definition) is 2. The third-order valence-electron chi connectivity index (χ3n) is 2.60. The van der Waals surface area contributed by atoms with Crippen LogP contribution in [-0.2, 0) is 0 Å². The van der Waals surface area contributed by atoms with Gasteiger partial charge in [0.2, 0.25) is 0 Å². The molecule has 78 valence electrons. The van der Waals surface area contributed by atoms with Crippen LogP contribution in [-0.4, -0.2) is 10.2 Å². The molecule has 0 aliphatic heterocycles. The van der Waals surface area contributed by atoms with Gasteiger partial charge in [-0.2, -0.15) is 0 Å². The highest BCUT2D eigenvalue weighted by molar-refractivity contribution is 5.39. The third kappa shape index (κ3) is 2.14. The van der Waals surface area contributed by atoms with Crippen molar-refractivity contribution in [2.75, 3.05) is 0 Å². The lowest BCUT2D eigenvalue weighted by Crippen LogP contribution is -2.04. The van der Waals surface area contributed by atoms with Gasteiger partial charge in [0.05, 0.1) is 0 Å². The fourth-order valence-electron chi connectivity index (χ4n) is 1.58. The van der Waals surface area contributed by atoms with E-state index < -0.39 is 6.29 Å². The van der Waals surface area contributed by atoms with Gasteiger partial charge in [0.25, 0.3) is 0 Å². The van der Waals surface area contributed by atoms with E-state index in [1.165, 1.54) is 5.56 Å². The molecule has 0 saturated heterocycles. The average molecular weight is 194 g/mol. The van der Waals surface area contributed by atoms with Gasteiger partial charge in [-0.3, -0.25) is 0 Å². The Hall–Kier alpha value is -0.860. The van der Waals surface area contributed by atoms with E-state index in [9.17, 15) is 10.2 Å². The normalized spacial score (nSPS) is 11.4. The van der Waals surface area contributed by atoms with Crippen molar-refractivity contribution < 1.29 is 10.2 Å². The van der Waals surface area contributed by atoms with Crippen LogP contribution in [0, 0.1) is 13.8 Å². The summed E-state index contributed by atoms with van der Waals surface area (Å²) >= 11 is 0. The molecular formula is C12H18O2. The molecule has 2 N–H and O–H groups in total. The van der Waals surface area contributed by atoms with E-state index >= 15 is 0 Å². The van der Waals surface area contributed by atoms with Gasteiger partial charge in [-0.05, 0) is 36.5 Å². The summed E-state index contributed by atoms with van der Waals surface area (Å²) in [6.07, 6.45) is -1.37. The first-order valence-corrected chi connectivity index (χ1v) is 4.90. The van der Waals surface area contributed by atoms with Crippen molar-refractivity contribution in [1.29, 1.82) is 0 Å². The quantitative estimate of drug-likeness (QED) is 0.710. The van der Waals surface area contributed by atoms with Crippen molar-refractivity contribution in [2.24, 2.45) is 0 Å². The molecule has 0 bridgehead atoms. The Balaban J connectivity index is 3.31. The molecule has 0 aliphatic rings. The molecule has 0 heterocycles. The average Bonchev–Trinajstić information content (AvgIpc) is 2.08. The van der Waals surface area contributed by atoms with E-state index in [0.29, 0.717) is 11.5 Å². The minimum atomic E-state index is -1.37. The van der Waals surface area contributed by atoms with E-state index in [2.05, 4.69) is 13.8 Å². The Bertz CT molecular complexity index is 294. The van der Waals surface area contributed by atoms with E-state index in [0.717, 1.165) is 11.1 Å². The molecule has 0 amide bonds. The fourth-order valence-corrected chi connectivity index (χ4v) is 1.58. The summed E-state index contributed by atoms with van der Waals surface area (Å²) in [5.74, 6) is 0.311. The molecule has 0 unspecified atom stereocenters. The number of benzene rings is 1. The Morgan fingerprint density at radius 2 is 1.36 bits per heavy atom. The highest BCUT2D eigenvalue weighted by Gasteiger charge is 2.13. The fraction of sp³-hybridized carbons (Fsp3) is 0.500. The summed E-state index contributed by atoms with van der Waals surface area (Å²) in [5.41, 5.74) is 3.93. The van der Waals surface area contributed by atoms with Gasteiger partial charge in [-0.15, -0.1) is 0 Å². The molecule has 0 fully saturated rings. The minimum absolute atomic E-state index is 0.311. The molecule has 1 aromatic carbocycles. The van der Waals surface area contributed by atoms with Crippen LogP contribution in [0.3, 0.4) is 0 Å². The maximum absolute atomic E-state index is 9.22. The summed E-state index contributed by atoms with van der Waals surface area (Å²) in [7, 11) is 0. The maximum Gasteiger partial charge on any atom is 0.178 e. The molecule has 0 aliphatic carbocycles. The first-order valence-electron chi connectivity index (χ1n) is 4.90. The van der Waals surface area contributed by atoms with Crippen LogP contribution in [0.5, 0.6) is 0 Å². The van der Waals surface area contributed by atoms with Crippen LogP contribution in [0.2, 0.25) is 0 Å². The molecule has 0 radical (unpaired) electrons. The molecular weight excluding hydrogens is 176 g/mol. The van der Waals surface area contributed by atoms with Crippen molar-refractivity contribution in [3.8, 4) is 0 Å². The van der Waals surface area contributed by atoms with Gasteiger partial charge >= 0.3 is 0 Å². The second kappa shape index (κ2) is 4.11. The van der Waals surface area contributed by atoms with E-state index in [1.807, 2.05) is 26.0 Å². The van der Waals surface area contributed by atoms with Crippen molar-refractivity contribution in [2.45, 2.75) is 39.9 Å². The van der Waals surface area contributed by atoms with Crippen LogP contribution < -0.4 is 0 Å². The molecule has 0 spiro atoms. The Kier molecular flexibility index (Phi) is 3.29.